The van der Waals surface area contributed by atoms with E-state index in [1.165, 1.54) is 31.2 Å². The highest BCUT2D eigenvalue weighted by atomic mass is 35.5. The molecule has 0 saturated carbocycles. The quantitative estimate of drug-likeness (QED) is 0.345. The number of alkyl halides is 1. The molecule has 0 N–H and O–H groups in total. The van der Waals surface area contributed by atoms with Crippen molar-refractivity contribution in [3.05, 3.63) is 50.1 Å². The first-order valence-electron chi connectivity index (χ1n) is 3.94. The molecule has 0 amide bonds. The first-order valence-corrected chi connectivity index (χ1v) is 4.32. The molecule has 1 atom stereocenters. The Morgan fingerprint density at radius 3 is 2.00 bits per heavy atom. The van der Waals surface area contributed by atoms with Crippen LogP contribution in [0.25, 0.3) is 0 Å². The van der Waals surface area contributed by atoms with Crippen molar-refractivity contribution in [2.24, 2.45) is 0 Å². The van der Waals surface area contributed by atoms with E-state index in [0.717, 1.165) is 0 Å². The predicted molar refractivity (Wildman–Crippen MR) is 53.3 cm³/mol. The van der Waals surface area contributed by atoms with E-state index < -0.39 is 14.8 Å². The second-order valence-electron chi connectivity index (χ2n) is 3.01. The van der Waals surface area contributed by atoms with Crippen molar-refractivity contribution in [1.82, 2.24) is 0 Å². The van der Waals surface area contributed by atoms with Crippen molar-refractivity contribution < 1.29 is 9.85 Å². The molecule has 0 radical (unpaired) electrons. The zero-order valence-corrected chi connectivity index (χ0v) is 8.47. The number of nitro groups is 2. The summed E-state index contributed by atoms with van der Waals surface area (Å²) in [6, 6.07) is 4.90. The maximum absolute atomic E-state index is 10.6. The van der Waals surface area contributed by atoms with Crippen LogP contribution in [0.5, 0.6) is 0 Å². The molecule has 0 aliphatic heterocycles. The lowest BCUT2D eigenvalue weighted by molar-refractivity contribution is -0.545. The molecule has 0 saturated heterocycles. The van der Waals surface area contributed by atoms with Crippen LogP contribution < -0.4 is 0 Å². The topological polar surface area (TPSA) is 86.3 Å². The molecule has 7 heteroatoms. The Hall–Kier alpha value is -1.69. The van der Waals surface area contributed by atoms with Crippen molar-refractivity contribution in [2.75, 3.05) is 0 Å². The monoisotopic (exact) mass is 230 g/mol. The molecule has 1 aromatic rings. The van der Waals surface area contributed by atoms with Gasteiger partial charge in [0, 0.05) is 29.5 Å². The van der Waals surface area contributed by atoms with Gasteiger partial charge in [0.25, 0.3) is 5.69 Å². The van der Waals surface area contributed by atoms with Gasteiger partial charge in [-0.15, -0.1) is 0 Å². The van der Waals surface area contributed by atoms with Gasteiger partial charge < -0.3 is 0 Å². The number of benzene rings is 1. The first kappa shape index (κ1) is 11.4. The fourth-order valence-corrected chi connectivity index (χ4v) is 1.12. The summed E-state index contributed by atoms with van der Waals surface area (Å²) in [5.41, 5.74) is 0.0781. The second-order valence-corrected chi connectivity index (χ2v) is 3.75. The summed E-state index contributed by atoms with van der Waals surface area (Å²) >= 11 is 5.66. The number of nitrogens with zero attached hydrogens (tertiary/aromatic N) is 2. The summed E-state index contributed by atoms with van der Waals surface area (Å²) in [7, 11) is 0. The molecule has 0 aliphatic rings. The van der Waals surface area contributed by atoms with Gasteiger partial charge in [-0.1, -0.05) is 0 Å². The molecule has 0 aliphatic carbocycles. The molecule has 6 nitrogen and oxygen atoms in total. The van der Waals surface area contributed by atoms with Gasteiger partial charge in [-0.3, -0.25) is 20.2 Å². The Morgan fingerprint density at radius 1 is 1.20 bits per heavy atom. The van der Waals surface area contributed by atoms with Crippen LogP contribution in [0.3, 0.4) is 0 Å². The maximum Gasteiger partial charge on any atom is 0.317 e. The van der Waals surface area contributed by atoms with Crippen LogP contribution in [0, 0.1) is 20.2 Å². The van der Waals surface area contributed by atoms with Crippen LogP contribution >= 0.6 is 11.6 Å². The molecule has 1 unspecified atom stereocenters. The van der Waals surface area contributed by atoms with Gasteiger partial charge in [-0.2, -0.15) is 0 Å². The first-order chi connectivity index (χ1) is 6.85. The minimum atomic E-state index is -1.75. The number of nitro benzene ring substituents is 1. The molecule has 0 bridgehead atoms. The lowest BCUT2D eigenvalue weighted by Gasteiger charge is -2.12. The highest BCUT2D eigenvalue weighted by Crippen LogP contribution is 2.29. The fourth-order valence-electron chi connectivity index (χ4n) is 0.993. The van der Waals surface area contributed by atoms with Crippen LogP contribution in [0.4, 0.5) is 5.69 Å². The largest absolute Gasteiger partial charge is 0.317 e. The molecular formula is C8H7ClN2O4. The third-order valence-electron chi connectivity index (χ3n) is 1.95. The molecule has 1 rings (SSSR count). The standard InChI is InChI=1S/C8H7ClN2O4/c1-8(9,11(14)15)6-2-4-7(5-3-6)10(12)13/h2-5H,1H3. The minimum Gasteiger partial charge on any atom is -0.262 e. The van der Waals surface area contributed by atoms with Crippen LogP contribution in [0.15, 0.2) is 24.3 Å². The highest BCUT2D eigenvalue weighted by molar-refractivity contribution is 6.22. The van der Waals surface area contributed by atoms with Gasteiger partial charge in [0.1, 0.15) is 0 Å². The summed E-state index contributed by atoms with van der Waals surface area (Å²) in [5.74, 6) is 0. The molecule has 0 fully saturated rings. The van der Waals surface area contributed by atoms with Crippen LogP contribution in [0.2, 0.25) is 0 Å². The average molecular weight is 231 g/mol. The zero-order chi connectivity index (χ0) is 11.6. The van der Waals surface area contributed by atoms with Gasteiger partial charge in [0.15, 0.2) is 0 Å². The summed E-state index contributed by atoms with van der Waals surface area (Å²) in [6.45, 7) is 1.22. The van der Waals surface area contributed by atoms with E-state index in [9.17, 15) is 20.2 Å². The second kappa shape index (κ2) is 3.82. The zero-order valence-electron chi connectivity index (χ0n) is 7.71. The Kier molecular flexibility index (Phi) is 2.90. The smallest absolute Gasteiger partial charge is 0.262 e. The van der Waals surface area contributed by atoms with Gasteiger partial charge in [0.05, 0.1) is 4.92 Å². The van der Waals surface area contributed by atoms with E-state index >= 15 is 0 Å². The molecule has 0 aromatic heterocycles. The Balaban J connectivity index is 3.09. The Labute approximate surface area is 89.8 Å². The lowest BCUT2D eigenvalue weighted by Crippen LogP contribution is -2.24. The maximum atomic E-state index is 10.6. The molecule has 0 heterocycles. The SMILES string of the molecule is CC(Cl)(c1ccc([N+](=O)[O-])cc1)[N+](=O)[O-]. The fraction of sp³-hybridized carbons (Fsp3) is 0.250. The van der Waals surface area contributed by atoms with Gasteiger partial charge >= 0.3 is 5.00 Å². The number of rotatable bonds is 3. The van der Waals surface area contributed by atoms with E-state index in [2.05, 4.69) is 0 Å². The van der Waals surface area contributed by atoms with E-state index in [0.29, 0.717) is 0 Å². The minimum absolute atomic E-state index is 0.130. The molecule has 1 aromatic carbocycles. The van der Waals surface area contributed by atoms with Crippen LogP contribution in [0.1, 0.15) is 12.5 Å². The van der Waals surface area contributed by atoms with Gasteiger partial charge in [-0.25, -0.2) is 0 Å². The van der Waals surface area contributed by atoms with Crippen molar-refractivity contribution >= 4 is 17.3 Å². The summed E-state index contributed by atoms with van der Waals surface area (Å²) in [5, 5.41) is 20.9. The number of halogens is 1. The third kappa shape index (κ3) is 2.21. The molecule has 15 heavy (non-hydrogen) atoms. The molecule has 80 valence electrons. The van der Waals surface area contributed by atoms with Crippen LogP contribution in [-0.2, 0) is 5.00 Å². The summed E-state index contributed by atoms with van der Waals surface area (Å²) < 4.78 is 0. The van der Waals surface area contributed by atoms with E-state index in [1.807, 2.05) is 0 Å². The third-order valence-corrected chi connectivity index (χ3v) is 2.30. The summed E-state index contributed by atoms with van der Waals surface area (Å²) in [4.78, 5) is 17.9. The number of hydrogen-bond donors (Lipinski definition) is 0. The Bertz CT molecular complexity index is 402. The van der Waals surface area contributed by atoms with Crippen molar-refractivity contribution in [3.8, 4) is 0 Å². The van der Waals surface area contributed by atoms with Crippen molar-refractivity contribution in [2.45, 2.75) is 11.9 Å². The normalized spacial score (nSPS) is 14.3. The van der Waals surface area contributed by atoms with Gasteiger partial charge in [-0.05, 0) is 23.7 Å². The summed E-state index contributed by atoms with van der Waals surface area (Å²) in [6.07, 6.45) is 0. The highest BCUT2D eigenvalue weighted by Gasteiger charge is 2.36. The van der Waals surface area contributed by atoms with Crippen molar-refractivity contribution in [3.63, 3.8) is 0 Å². The predicted octanol–water partition coefficient (Wildman–Crippen LogP) is 2.28. The lowest BCUT2D eigenvalue weighted by atomic mass is 10.1. The van der Waals surface area contributed by atoms with E-state index in [1.54, 1.807) is 0 Å². The Morgan fingerprint density at radius 2 is 1.67 bits per heavy atom. The number of hydrogen-bond acceptors (Lipinski definition) is 4. The average Bonchev–Trinajstić information content (AvgIpc) is 2.17. The van der Waals surface area contributed by atoms with Crippen LogP contribution in [-0.4, -0.2) is 9.85 Å². The van der Waals surface area contributed by atoms with E-state index in [4.69, 9.17) is 11.6 Å². The van der Waals surface area contributed by atoms with Crippen molar-refractivity contribution in [1.29, 1.82) is 0 Å². The van der Waals surface area contributed by atoms with Gasteiger partial charge in [0.2, 0.25) is 0 Å². The molecule has 0 spiro atoms. The molecular weight excluding hydrogens is 224 g/mol. The van der Waals surface area contributed by atoms with E-state index in [-0.39, 0.29) is 11.3 Å². The number of non-ortho nitro benzene ring substituents is 1.